The van der Waals surface area contributed by atoms with Crippen LogP contribution in [0.15, 0.2) is 76.1 Å². The summed E-state index contributed by atoms with van der Waals surface area (Å²) < 4.78 is 41.5. The van der Waals surface area contributed by atoms with Crippen molar-refractivity contribution in [2.75, 3.05) is 16.2 Å². The van der Waals surface area contributed by atoms with Crippen LogP contribution in [0.4, 0.5) is 15.8 Å². The van der Waals surface area contributed by atoms with E-state index in [-0.39, 0.29) is 10.6 Å². The number of rotatable bonds is 6. The number of amides is 1. The lowest BCUT2D eigenvalue weighted by Gasteiger charge is -2.24. The SMILES string of the molecule is Cc1ccc(S(=O)(=O)N(CC(=O)Nc2ccc(Br)c(Cl)c2)c2ccc(F)cc2)cc1. The van der Waals surface area contributed by atoms with Crippen LogP contribution in [0.5, 0.6) is 0 Å². The van der Waals surface area contributed by atoms with Gasteiger partial charge < -0.3 is 5.32 Å². The Labute approximate surface area is 187 Å². The highest BCUT2D eigenvalue weighted by Gasteiger charge is 2.27. The summed E-state index contributed by atoms with van der Waals surface area (Å²) in [5.74, 6) is -1.09. The lowest BCUT2D eigenvalue weighted by Crippen LogP contribution is -2.38. The number of anilines is 2. The second-order valence-electron chi connectivity index (χ2n) is 6.48. The van der Waals surface area contributed by atoms with Crippen molar-refractivity contribution in [3.8, 4) is 0 Å². The second kappa shape index (κ2) is 9.16. The normalized spacial score (nSPS) is 11.2. The van der Waals surface area contributed by atoms with Gasteiger partial charge in [-0.2, -0.15) is 0 Å². The average molecular weight is 512 g/mol. The highest BCUT2D eigenvalue weighted by atomic mass is 79.9. The Hall–Kier alpha value is -2.42. The van der Waals surface area contributed by atoms with Crippen molar-refractivity contribution in [2.24, 2.45) is 0 Å². The van der Waals surface area contributed by atoms with Crippen LogP contribution < -0.4 is 9.62 Å². The maximum atomic E-state index is 13.4. The Morgan fingerprint density at radius 3 is 2.30 bits per heavy atom. The number of sulfonamides is 1. The number of halogens is 3. The first kappa shape index (κ1) is 22.3. The van der Waals surface area contributed by atoms with Crippen LogP contribution in [0.2, 0.25) is 5.02 Å². The summed E-state index contributed by atoms with van der Waals surface area (Å²) in [4.78, 5) is 12.7. The molecule has 0 saturated carbocycles. The smallest absolute Gasteiger partial charge is 0.264 e. The van der Waals surface area contributed by atoms with Gasteiger partial charge in [-0.05, 0) is 77.5 Å². The third-order valence-corrected chi connectivity index (χ3v) is 7.23. The molecule has 156 valence electrons. The van der Waals surface area contributed by atoms with Gasteiger partial charge in [0.2, 0.25) is 5.91 Å². The summed E-state index contributed by atoms with van der Waals surface area (Å²) in [5.41, 5.74) is 1.48. The molecule has 9 heteroatoms. The maximum Gasteiger partial charge on any atom is 0.264 e. The Balaban J connectivity index is 1.93. The van der Waals surface area contributed by atoms with E-state index < -0.39 is 28.3 Å². The van der Waals surface area contributed by atoms with E-state index in [1.165, 1.54) is 24.3 Å². The molecule has 0 aliphatic carbocycles. The van der Waals surface area contributed by atoms with E-state index in [2.05, 4.69) is 21.2 Å². The molecule has 3 aromatic carbocycles. The molecule has 0 aromatic heterocycles. The van der Waals surface area contributed by atoms with E-state index in [1.54, 1.807) is 30.3 Å². The minimum absolute atomic E-state index is 0.0249. The fraction of sp³-hybridized carbons (Fsp3) is 0.0952. The number of carbonyl (C=O) groups excluding carboxylic acids is 1. The van der Waals surface area contributed by atoms with Gasteiger partial charge in [0.05, 0.1) is 15.6 Å². The topological polar surface area (TPSA) is 66.5 Å². The molecule has 0 radical (unpaired) electrons. The highest BCUT2D eigenvalue weighted by Crippen LogP contribution is 2.27. The zero-order chi connectivity index (χ0) is 21.9. The highest BCUT2D eigenvalue weighted by molar-refractivity contribution is 9.10. The molecular formula is C21H17BrClFN2O3S. The summed E-state index contributed by atoms with van der Waals surface area (Å²) in [7, 11) is -4.07. The molecule has 3 rings (SSSR count). The van der Waals surface area contributed by atoms with Crippen molar-refractivity contribution in [1.29, 1.82) is 0 Å². The molecule has 1 N–H and O–H groups in total. The molecule has 30 heavy (non-hydrogen) atoms. The van der Waals surface area contributed by atoms with Crippen molar-refractivity contribution in [1.82, 2.24) is 0 Å². The zero-order valence-electron chi connectivity index (χ0n) is 15.8. The van der Waals surface area contributed by atoms with Crippen LogP contribution in [0, 0.1) is 12.7 Å². The van der Waals surface area contributed by atoms with Gasteiger partial charge in [-0.15, -0.1) is 0 Å². The molecule has 1 amide bonds. The number of aryl methyl sites for hydroxylation is 1. The number of carbonyl (C=O) groups is 1. The fourth-order valence-electron chi connectivity index (χ4n) is 2.66. The van der Waals surface area contributed by atoms with E-state index in [0.717, 1.165) is 22.0 Å². The third-order valence-electron chi connectivity index (χ3n) is 4.21. The minimum atomic E-state index is -4.07. The van der Waals surface area contributed by atoms with Crippen molar-refractivity contribution in [2.45, 2.75) is 11.8 Å². The van der Waals surface area contributed by atoms with Crippen LogP contribution >= 0.6 is 27.5 Å². The van der Waals surface area contributed by atoms with Crippen LogP contribution in [0.25, 0.3) is 0 Å². The molecule has 0 heterocycles. The quantitative estimate of drug-likeness (QED) is 0.483. The third kappa shape index (κ3) is 5.19. The summed E-state index contributed by atoms with van der Waals surface area (Å²) in [6.07, 6.45) is 0. The van der Waals surface area contributed by atoms with Crippen molar-refractivity contribution < 1.29 is 17.6 Å². The molecule has 0 spiro atoms. The zero-order valence-corrected chi connectivity index (χ0v) is 18.9. The van der Waals surface area contributed by atoms with Crippen LogP contribution in [0.3, 0.4) is 0 Å². The Bertz CT molecular complexity index is 1170. The summed E-state index contributed by atoms with van der Waals surface area (Å²) in [6, 6.07) is 16.0. The largest absolute Gasteiger partial charge is 0.324 e. The minimum Gasteiger partial charge on any atom is -0.324 e. The van der Waals surface area contributed by atoms with Crippen LogP contribution in [-0.4, -0.2) is 20.9 Å². The molecule has 0 aliphatic heterocycles. The second-order valence-corrected chi connectivity index (χ2v) is 9.60. The molecule has 0 saturated heterocycles. The number of hydrogen-bond donors (Lipinski definition) is 1. The van der Waals surface area contributed by atoms with Gasteiger partial charge in [0.25, 0.3) is 10.0 Å². The van der Waals surface area contributed by atoms with Crippen LogP contribution in [-0.2, 0) is 14.8 Å². The molecule has 0 atom stereocenters. The monoisotopic (exact) mass is 510 g/mol. The van der Waals surface area contributed by atoms with E-state index >= 15 is 0 Å². The lowest BCUT2D eigenvalue weighted by atomic mass is 10.2. The van der Waals surface area contributed by atoms with Gasteiger partial charge in [0.1, 0.15) is 12.4 Å². The first-order chi connectivity index (χ1) is 14.2. The predicted octanol–water partition coefficient (Wildman–Crippen LogP) is 5.38. The van der Waals surface area contributed by atoms with Gasteiger partial charge in [-0.1, -0.05) is 29.3 Å². The van der Waals surface area contributed by atoms with E-state index in [1.807, 2.05) is 6.92 Å². The average Bonchev–Trinajstić information content (AvgIpc) is 2.70. The number of hydrogen-bond acceptors (Lipinski definition) is 3. The van der Waals surface area contributed by atoms with Gasteiger partial charge in [0, 0.05) is 10.2 Å². The predicted molar refractivity (Wildman–Crippen MR) is 120 cm³/mol. The van der Waals surface area contributed by atoms with E-state index in [4.69, 9.17) is 11.6 Å². The Morgan fingerprint density at radius 1 is 1.07 bits per heavy atom. The first-order valence-corrected chi connectivity index (χ1v) is 11.4. The number of benzene rings is 3. The van der Waals surface area contributed by atoms with Crippen molar-refractivity contribution in [3.05, 3.63) is 87.6 Å². The van der Waals surface area contributed by atoms with Crippen LogP contribution in [0.1, 0.15) is 5.56 Å². The van der Waals surface area contributed by atoms with E-state index in [0.29, 0.717) is 15.2 Å². The molecule has 3 aromatic rings. The van der Waals surface area contributed by atoms with Gasteiger partial charge in [-0.3, -0.25) is 9.10 Å². The standard InChI is InChI=1S/C21H17BrClFN2O3S/c1-14-2-9-18(10-3-14)30(28,29)26(17-7-4-15(24)5-8-17)13-21(27)25-16-6-11-19(22)20(23)12-16/h2-12H,13H2,1H3,(H,25,27). The summed E-state index contributed by atoms with van der Waals surface area (Å²) in [5, 5.41) is 3.03. The lowest BCUT2D eigenvalue weighted by molar-refractivity contribution is -0.114. The molecule has 0 fully saturated rings. The van der Waals surface area contributed by atoms with Gasteiger partial charge in [0.15, 0.2) is 0 Å². The number of nitrogens with zero attached hydrogens (tertiary/aromatic N) is 1. The summed E-state index contributed by atoms with van der Waals surface area (Å²) in [6.45, 7) is 1.33. The first-order valence-electron chi connectivity index (χ1n) is 8.77. The fourth-order valence-corrected chi connectivity index (χ4v) is 4.51. The number of nitrogens with one attached hydrogen (secondary N) is 1. The molecule has 0 aliphatic rings. The van der Waals surface area contributed by atoms with Crippen molar-refractivity contribution in [3.63, 3.8) is 0 Å². The van der Waals surface area contributed by atoms with Gasteiger partial charge in [-0.25, -0.2) is 12.8 Å². The molecule has 0 bridgehead atoms. The summed E-state index contributed by atoms with van der Waals surface area (Å²) >= 11 is 9.31. The maximum absolute atomic E-state index is 13.4. The molecule has 5 nitrogen and oxygen atoms in total. The molecular weight excluding hydrogens is 495 g/mol. The Kier molecular flexibility index (Phi) is 6.80. The van der Waals surface area contributed by atoms with Crippen molar-refractivity contribution >= 4 is 54.8 Å². The Morgan fingerprint density at radius 2 is 1.70 bits per heavy atom. The molecule has 0 unspecified atom stereocenters. The van der Waals surface area contributed by atoms with Gasteiger partial charge >= 0.3 is 0 Å². The van der Waals surface area contributed by atoms with E-state index in [9.17, 15) is 17.6 Å².